The Morgan fingerprint density at radius 1 is 1.33 bits per heavy atom. The monoisotopic (exact) mass is 331 g/mol. The van der Waals surface area contributed by atoms with Crippen molar-refractivity contribution < 1.29 is 14.6 Å². The SMILES string of the molecule is COc1ccc2c(CCCN3CCNCC3)cn(CC(=O)O)c2c1. The maximum atomic E-state index is 11.1. The Kier molecular flexibility index (Phi) is 5.37. The number of hydrogen-bond acceptors (Lipinski definition) is 4. The molecule has 0 aliphatic carbocycles. The van der Waals surface area contributed by atoms with Crippen molar-refractivity contribution in [3.05, 3.63) is 30.0 Å². The van der Waals surface area contributed by atoms with Gasteiger partial charge in [-0.05, 0) is 37.1 Å². The smallest absolute Gasteiger partial charge is 0.323 e. The molecule has 1 fully saturated rings. The van der Waals surface area contributed by atoms with E-state index in [2.05, 4.69) is 10.2 Å². The van der Waals surface area contributed by atoms with E-state index in [0.29, 0.717) is 0 Å². The molecule has 2 N–H and O–H groups in total. The fourth-order valence-electron chi connectivity index (χ4n) is 3.38. The van der Waals surface area contributed by atoms with E-state index in [1.807, 2.05) is 24.4 Å². The molecular formula is C18H25N3O3. The zero-order valence-electron chi connectivity index (χ0n) is 14.1. The predicted molar refractivity (Wildman–Crippen MR) is 93.8 cm³/mol. The molecule has 0 amide bonds. The van der Waals surface area contributed by atoms with Crippen molar-refractivity contribution in [1.29, 1.82) is 0 Å². The molecule has 0 spiro atoms. The molecule has 1 aromatic heterocycles. The van der Waals surface area contributed by atoms with Crippen LogP contribution in [0, 0.1) is 0 Å². The van der Waals surface area contributed by atoms with E-state index in [0.717, 1.165) is 62.2 Å². The van der Waals surface area contributed by atoms with Crippen molar-refractivity contribution in [2.75, 3.05) is 39.8 Å². The number of carbonyl (C=O) groups is 1. The van der Waals surface area contributed by atoms with Crippen LogP contribution in [0.15, 0.2) is 24.4 Å². The second-order valence-electron chi connectivity index (χ2n) is 6.25. The highest BCUT2D eigenvalue weighted by Crippen LogP contribution is 2.27. The zero-order chi connectivity index (χ0) is 16.9. The van der Waals surface area contributed by atoms with Gasteiger partial charge in [0.05, 0.1) is 12.6 Å². The summed E-state index contributed by atoms with van der Waals surface area (Å²) in [6, 6.07) is 5.89. The fraction of sp³-hybridized carbons (Fsp3) is 0.500. The van der Waals surface area contributed by atoms with E-state index in [1.165, 1.54) is 5.56 Å². The molecule has 0 bridgehead atoms. The van der Waals surface area contributed by atoms with E-state index in [-0.39, 0.29) is 6.54 Å². The highest BCUT2D eigenvalue weighted by molar-refractivity contribution is 5.86. The Morgan fingerprint density at radius 3 is 2.83 bits per heavy atom. The molecular weight excluding hydrogens is 306 g/mol. The highest BCUT2D eigenvalue weighted by atomic mass is 16.5. The summed E-state index contributed by atoms with van der Waals surface area (Å²) in [6.45, 7) is 5.41. The largest absolute Gasteiger partial charge is 0.497 e. The average molecular weight is 331 g/mol. The van der Waals surface area contributed by atoms with Crippen molar-refractivity contribution in [3.63, 3.8) is 0 Å². The molecule has 0 saturated carbocycles. The van der Waals surface area contributed by atoms with Gasteiger partial charge < -0.3 is 24.6 Å². The Balaban J connectivity index is 1.75. The van der Waals surface area contributed by atoms with E-state index in [4.69, 9.17) is 9.84 Å². The fourth-order valence-corrected chi connectivity index (χ4v) is 3.38. The van der Waals surface area contributed by atoms with Gasteiger partial charge in [0.2, 0.25) is 0 Å². The molecule has 2 heterocycles. The van der Waals surface area contributed by atoms with Gasteiger partial charge in [0.15, 0.2) is 0 Å². The molecule has 1 aromatic carbocycles. The van der Waals surface area contributed by atoms with Crippen molar-refractivity contribution in [2.24, 2.45) is 0 Å². The number of ether oxygens (including phenoxy) is 1. The average Bonchev–Trinajstić information content (AvgIpc) is 2.92. The zero-order valence-corrected chi connectivity index (χ0v) is 14.1. The molecule has 6 heteroatoms. The normalized spacial score (nSPS) is 15.7. The molecule has 1 saturated heterocycles. The van der Waals surface area contributed by atoms with Crippen LogP contribution in [-0.4, -0.2) is 60.4 Å². The lowest BCUT2D eigenvalue weighted by Crippen LogP contribution is -2.43. The van der Waals surface area contributed by atoms with E-state index in [1.54, 1.807) is 11.7 Å². The van der Waals surface area contributed by atoms with Gasteiger partial charge in [-0.25, -0.2) is 0 Å². The standard InChI is InChI=1S/C18H25N3O3/c1-24-15-4-5-16-14(3-2-8-20-9-6-19-7-10-20)12-21(13-18(22)23)17(16)11-15/h4-5,11-12,19H,2-3,6-10,13H2,1H3,(H,22,23). The lowest BCUT2D eigenvalue weighted by Gasteiger charge is -2.26. The van der Waals surface area contributed by atoms with E-state index in [9.17, 15) is 4.79 Å². The quantitative estimate of drug-likeness (QED) is 0.806. The van der Waals surface area contributed by atoms with Crippen LogP contribution in [0.2, 0.25) is 0 Å². The van der Waals surface area contributed by atoms with Crippen LogP contribution in [0.1, 0.15) is 12.0 Å². The first-order chi connectivity index (χ1) is 11.7. The lowest BCUT2D eigenvalue weighted by molar-refractivity contribution is -0.137. The number of carboxylic acid groups (broad SMARTS) is 1. The number of rotatable bonds is 7. The Hall–Kier alpha value is -2.05. The van der Waals surface area contributed by atoms with E-state index >= 15 is 0 Å². The van der Waals surface area contributed by atoms with Gasteiger partial charge >= 0.3 is 5.97 Å². The Morgan fingerprint density at radius 2 is 2.12 bits per heavy atom. The topological polar surface area (TPSA) is 66.7 Å². The van der Waals surface area contributed by atoms with Crippen LogP contribution in [0.5, 0.6) is 5.75 Å². The summed E-state index contributed by atoms with van der Waals surface area (Å²) >= 11 is 0. The van der Waals surface area contributed by atoms with Crippen molar-refractivity contribution >= 4 is 16.9 Å². The molecule has 0 radical (unpaired) electrons. The number of piperazine rings is 1. The summed E-state index contributed by atoms with van der Waals surface area (Å²) in [5.74, 6) is -0.0818. The minimum Gasteiger partial charge on any atom is -0.497 e. The predicted octanol–water partition coefficient (Wildman–Crippen LogP) is 1.57. The van der Waals surface area contributed by atoms with Gasteiger partial charge in [-0.15, -0.1) is 0 Å². The highest BCUT2D eigenvalue weighted by Gasteiger charge is 2.13. The van der Waals surface area contributed by atoms with Crippen LogP contribution in [-0.2, 0) is 17.8 Å². The summed E-state index contributed by atoms with van der Waals surface area (Å²) in [6.07, 6.45) is 4.02. The number of aromatic nitrogens is 1. The third-order valence-electron chi connectivity index (χ3n) is 4.61. The summed E-state index contributed by atoms with van der Waals surface area (Å²) in [5.41, 5.74) is 2.14. The molecule has 3 rings (SSSR count). The molecule has 2 aromatic rings. The molecule has 1 aliphatic rings. The Labute approximate surface area is 142 Å². The van der Waals surface area contributed by atoms with Crippen LogP contribution in [0.3, 0.4) is 0 Å². The third kappa shape index (κ3) is 3.88. The van der Waals surface area contributed by atoms with Gasteiger partial charge in [0.25, 0.3) is 0 Å². The van der Waals surface area contributed by atoms with Crippen LogP contribution < -0.4 is 10.1 Å². The van der Waals surface area contributed by atoms with Crippen molar-refractivity contribution in [3.8, 4) is 5.75 Å². The number of benzene rings is 1. The summed E-state index contributed by atoms with van der Waals surface area (Å²) in [5, 5.41) is 13.6. The third-order valence-corrected chi connectivity index (χ3v) is 4.61. The molecule has 6 nitrogen and oxygen atoms in total. The first-order valence-electron chi connectivity index (χ1n) is 8.48. The van der Waals surface area contributed by atoms with Crippen molar-refractivity contribution in [2.45, 2.75) is 19.4 Å². The molecule has 130 valence electrons. The minimum absolute atomic E-state index is 0.0263. The maximum Gasteiger partial charge on any atom is 0.323 e. The summed E-state index contributed by atoms with van der Waals surface area (Å²) in [4.78, 5) is 13.6. The van der Waals surface area contributed by atoms with Gasteiger partial charge in [-0.2, -0.15) is 0 Å². The summed E-state index contributed by atoms with van der Waals surface area (Å²) < 4.78 is 7.08. The van der Waals surface area contributed by atoms with Crippen molar-refractivity contribution in [1.82, 2.24) is 14.8 Å². The minimum atomic E-state index is -0.831. The first kappa shape index (κ1) is 16.8. The number of methoxy groups -OCH3 is 1. The molecule has 0 unspecified atom stereocenters. The van der Waals surface area contributed by atoms with Gasteiger partial charge in [0.1, 0.15) is 12.3 Å². The van der Waals surface area contributed by atoms with Gasteiger partial charge in [-0.3, -0.25) is 4.79 Å². The number of aryl methyl sites for hydroxylation is 1. The molecule has 24 heavy (non-hydrogen) atoms. The summed E-state index contributed by atoms with van der Waals surface area (Å²) in [7, 11) is 1.63. The number of aliphatic carboxylic acids is 1. The second-order valence-corrected chi connectivity index (χ2v) is 6.25. The van der Waals surface area contributed by atoms with Crippen LogP contribution >= 0.6 is 0 Å². The maximum absolute atomic E-state index is 11.1. The van der Waals surface area contributed by atoms with Gasteiger partial charge in [0, 0.05) is 43.8 Å². The Bertz CT molecular complexity index is 705. The number of nitrogens with zero attached hydrogens (tertiary/aromatic N) is 2. The molecule has 0 atom stereocenters. The van der Waals surface area contributed by atoms with Crippen LogP contribution in [0.25, 0.3) is 10.9 Å². The number of fused-ring (bicyclic) bond motifs is 1. The van der Waals surface area contributed by atoms with E-state index < -0.39 is 5.97 Å². The first-order valence-corrected chi connectivity index (χ1v) is 8.48. The van der Waals surface area contributed by atoms with Gasteiger partial charge in [-0.1, -0.05) is 0 Å². The second kappa shape index (κ2) is 7.68. The number of hydrogen-bond donors (Lipinski definition) is 2. The van der Waals surface area contributed by atoms with Crippen LogP contribution in [0.4, 0.5) is 0 Å². The lowest BCUT2D eigenvalue weighted by atomic mass is 10.1. The number of nitrogens with one attached hydrogen (secondary N) is 1. The number of carboxylic acids is 1. The molecule has 1 aliphatic heterocycles.